The molecule has 1 aliphatic heterocycles. The minimum absolute atomic E-state index is 0.0785. The fraction of sp³-hybridized carbons (Fsp3) is 0.304. The third kappa shape index (κ3) is 5.43. The lowest BCUT2D eigenvalue weighted by Crippen LogP contribution is -2.49. The summed E-state index contributed by atoms with van der Waals surface area (Å²) in [5.41, 5.74) is 1.68. The van der Waals surface area contributed by atoms with Gasteiger partial charge in [-0.15, -0.1) is 11.3 Å². The molecule has 0 aliphatic carbocycles. The van der Waals surface area contributed by atoms with Crippen LogP contribution in [0.5, 0.6) is 5.75 Å². The predicted molar refractivity (Wildman–Crippen MR) is 115 cm³/mol. The lowest BCUT2D eigenvalue weighted by molar-refractivity contribution is 0.0638. The highest BCUT2D eigenvalue weighted by atomic mass is 32.1. The van der Waals surface area contributed by atoms with Crippen molar-refractivity contribution in [1.29, 1.82) is 0 Å². The van der Waals surface area contributed by atoms with Gasteiger partial charge in [0.2, 0.25) is 0 Å². The van der Waals surface area contributed by atoms with E-state index < -0.39 is 0 Å². The van der Waals surface area contributed by atoms with Gasteiger partial charge in [0.25, 0.3) is 5.91 Å². The van der Waals surface area contributed by atoms with Crippen LogP contribution < -0.4 is 4.74 Å². The summed E-state index contributed by atoms with van der Waals surface area (Å²) in [7, 11) is 0. The molecule has 0 radical (unpaired) electrons. The lowest BCUT2D eigenvalue weighted by atomic mass is 10.1. The van der Waals surface area contributed by atoms with Crippen LogP contribution >= 0.6 is 11.3 Å². The minimum atomic E-state index is 0.0785. The summed E-state index contributed by atoms with van der Waals surface area (Å²) in [6, 6.07) is 15.6. The van der Waals surface area contributed by atoms with Gasteiger partial charge in [0.1, 0.15) is 12.4 Å². The Labute approximate surface area is 175 Å². The van der Waals surface area contributed by atoms with E-state index >= 15 is 0 Å². The molecular weight excluding hydrogens is 382 g/mol. The smallest absolute Gasteiger partial charge is 0.254 e. The van der Waals surface area contributed by atoms with Crippen molar-refractivity contribution in [2.75, 3.05) is 32.7 Å². The molecule has 1 aromatic carbocycles. The molecule has 0 unspecified atom stereocenters. The summed E-state index contributed by atoms with van der Waals surface area (Å²) < 4.78 is 5.84. The first kappa shape index (κ1) is 19.6. The second-order valence-corrected chi connectivity index (χ2v) is 8.17. The second-order valence-electron chi connectivity index (χ2n) is 7.14. The quantitative estimate of drug-likeness (QED) is 0.599. The monoisotopic (exact) mass is 407 g/mol. The van der Waals surface area contributed by atoms with Crippen LogP contribution in [-0.2, 0) is 13.0 Å². The van der Waals surface area contributed by atoms with E-state index in [4.69, 9.17) is 4.74 Å². The van der Waals surface area contributed by atoms with E-state index in [2.05, 4.69) is 27.4 Å². The van der Waals surface area contributed by atoms with E-state index in [-0.39, 0.29) is 5.91 Å². The zero-order valence-electron chi connectivity index (χ0n) is 16.4. The Balaban J connectivity index is 1.28. The maximum absolute atomic E-state index is 12.9. The highest BCUT2D eigenvalue weighted by molar-refractivity contribution is 7.09. The van der Waals surface area contributed by atoms with Crippen molar-refractivity contribution in [3.8, 4) is 5.75 Å². The Morgan fingerprint density at radius 1 is 1.07 bits per heavy atom. The van der Waals surface area contributed by atoms with Crippen LogP contribution in [0, 0.1) is 0 Å². The van der Waals surface area contributed by atoms with Crippen molar-refractivity contribution in [1.82, 2.24) is 14.8 Å². The number of thiophene rings is 1. The number of nitrogens with zero attached hydrogens (tertiary/aromatic N) is 3. The summed E-state index contributed by atoms with van der Waals surface area (Å²) in [4.78, 5) is 22.8. The molecule has 0 N–H and O–H groups in total. The first-order valence-electron chi connectivity index (χ1n) is 9.94. The normalized spacial score (nSPS) is 14.7. The highest BCUT2D eigenvalue weighted by Crippen LogP contribution is 2.18. The largest absolute Gasteiger partial charge is 0.489 e. The number of amides is 1. The molecule has 1 saturated heterocycles. The molecule has 5 nitrogen and oxygen atoms in total. The van der Waals surface area contributed by atoms with E-state index in [1.54, 1.807) is 12.4 Å². The van der Waals surface area contributed by atoms with Crippen molar-refractivity contribution in [3.05, 3.63) is 82.3 Å². The van der Waals surface area contributed by atoms with Crippen molar-refractivity contribution < 1.29 is 9.53 Å². The Morgan fingerprint density at radius 2 is 1.97 bits per heavy atom. The number of piperazine rings is 1. The molecule has 0 saturated carbocycles. The van der Waals surface area contributed by atoms with Gasteiger partial charge in [-0.25, -0.2) is 0 Å². The molecule has 1 amide bonds. The second kappa shape index (κ2) is 9.67. The number of pyridine rings is 1. The molecule has 29 heavy (non-hydrogen) atoms. The van der Waals surface area contributed by atoms with E-state index in [9.17, 15) is 4.79 Å². The number of carbonyl (C=O) groups excluding carboxylic acids is 1. The van der Waals surface area contributed by atoms with E-state index in [0.717, 1.165) is 44.7 Å². The van der Waals surface area contributed by atoms with E-state index in [1.165, 1.54) is 4.88 Å². The fourth-order valence-electron chi connectivity index (χ4n) is 3.45. The van der Waals surface area contributed by atoms with Crippen LogP contribution in [-0.4, -0.2) is 53.4 Å². The van der Waals surface area contributed by atoms with Crippen molar-refractivity contribution in [3.63, 3.8) is 0 Å². The van der Waals surface area contributed by atoms with Crippen LogP contribution in [0.2, 0.25) is 0 Å². The first-order valence-corrected chi connectivity index (χ1v) is 10.8. The van der Waals surface area contributed by atoms with Crippen LogP contribution in [0.15, 0.2) is 66.3 Å². The highest BCUT2D eigenvalue weighted by Gasteiger charge is 2.22. The van der Waals surface area contributed by atoms with Gasteiger partial charge in [-0.05, 0) is 42.1 Å². The molecule has 6 heteroatoms. The average Bonchev–Trinajstić information content (AvgIpc) is 3.31. The Morgan fingerprint density at radius 3 is 2.72 bits per heavy atom. The third-order valence-corrected chi connectivity index (χ3v) is 6.06. The first-order chi connectivity index (χ1) is 14.3. The van der Waals surface area contributed by atoms with E-state index in [0.29, 0.717) is 17.9 Å². The zero-order valence-corrected chi connectivity index (χ0v) is 17.2. The SMILES string of the molecule is O=C(c1cccc(OCc2cccnc2)c1)N1CCN(CCc2cccs2)CC1. The molecule has 0 atom stereocenters. The molecule has 0 spiro atoms. The molecular formula is C23H25N3O2S. The molecule has 3 aromatic rings. The number of ether oxygens (including phenoxy) is 1. The molecule has 1 aliphatic rings. The van der Waals surface area contributed by atoms with Gasteiger partial charge in [0, 0.05) is 61.1 Å². The van der Waals surface area contributed by atoms with Gasteiger partial charge < -0.3 is 9.64 Å². The van der Waals surface area contributed by atoms with Gasteiger partial charge in [0.05, 0.1) is 0 Å². The van der Waals surface area contributed by atoms with Crippen molar-refractivity contribution in [2.45, 2.75) is 13.0 Å². The molecule has 4 rings (SSSR count). The van der Waals surface area contributed by atoms with Crippen LogP contribution in [0.1, 0.15) is 20.8 Å². The molecule has 150 valence electrons. The van der Waals surface area contributed by atoms with Crippen LogP contribution in [0.4, 0.5) is 0 Å². The van der Waals surface area contributed by atoms with Crippen molar-refractivity contribution in [2.24, 2.45) is 0 Å². The number of aromatic nitrogens is 1. The third-order valence-electron chi connectivity index (χ3n) is 5.12. The molecule has 0 bridgehead atoms. The summed E-state index contributed by atoms with van der Waals surface area (Å²) >= 11 is 1.81. The molecule has 3 heterocycles. The maximum Gasteiger partial charge on any atom is 0.254 e. The van der Waals surface area contributed by atoms with Crippen LogP contribution in [0.25, 0.3) is 0 Å². The number of hydrogen-bond acceptors (Lipinski definition) is 5. The fourth-order valence-corrected chi connectivity index (χ4v) is 4.15. The van der Waals surface area contributed by atoms with Crippen LogP contribution in [0.3, 0.4) is 0 Å². The van der Waals surface area contributed by atoms with E-state index in [1.807, 2.05) is 52.6 Å². The predicted octanol–water partition coefficient (Wildman–Crippen LogP) is 3.72. The summed E-state index contributed by atoms with van der Waals surface area (Å²) in [5, 5.41) is 2.13. The molecule has 2 aromatic heterocycles. The Hall–Kier alpha value is -2.70. The Kier molecular flexibility index (Phi) is 6.54. The van der Waals surface area contributed by atoms with Gasteiger partial charge in [-0.2, -0.15) is 0 Å². The minimum Gasteiger partial charge on any atom is -0.489 e. The van der Waals surface area contributed by atoms with Gasteiger partial charge in [0.15, 0.2) is 0 Å². The lowest BCUT2D eigenvalue weighted by Gasteiger charge is -2.34. The average molecular weight is 408 g/mol. The molecule has 1 fully saturated rings. The summed E-state index contributed by atoms with van der Waals surface area (Å²) in [6.45, 7) is 4.88. The zero-order chi connectivity index (χ0) is 19.9. The summed E-state index contributed by atoms with van der Waals surface area (Å²) in [6.07, 6.45) is 4.61. The maximum atomic E-state index is 12.9. The topological polar surface area (TPSA) is 45.7 Å². The standard InChI is InChI=1S/C23H25N3O2S/c27-23(26-13-11-25(12-14-26)10-8-22-7-3-15-29-22)20-5-1-6-21(16-20)28-18-19-4-2-9-24-17-19/h1-7,9,15-17H,8,10-14,18H2. The van der Waals surface area contributed by atoms with Gasteiger partial charge in [-0.3, -0.25) is 14.7 Å². The number of rotatable bonds is 7. The number of carbonyl (C=O) groups is 1. The van der Waals surface area contributed by atoms with Gasteiger partial charge in [-0.1, -0.05) is 18.2 Å². The number of hydrogen-bond donors (Lipinski definition) is 0. The van der Waals surface area contributed by atoms with Gasteiger partial charge >= 0.3 is 0 Å². The Bertz CT molecular complexity index is 907. The summed E-state index contributed by atoms with van der Waals surface area (Å²) in [5.74, 6) is 0.782. The number of benzene rings is 1. The van der Waals surface area contributed by atoms with Crippen molar-refractivity contribution >= 4 is 17.2 Å².